The summed E-state index contributed by atoms with van der Waals surface area (Å²) in [6, 6.07) is 8.39. The van der Waals surface area contributed by atoms with Crippen LogP contribution in [0.3, 0.4) is 0 Å². The molecule has 2 aromatic rings. The number of methoxy groups -OCH3 is 1. The van der Waals surface area contributed by atoms with E-state index in [1.165, 1.54) is 12.7 Å². The average molecular weight is 265 g/mol. The van der Waals surface area contributed by atoms with Gasteiger partial charge in [0, 0.05) is 6.54 Å². The molecule has 0 saturated heterocycles. The standard InChI is InChI=1S/C12H13ClN4O/c1-8-3-5-9(6-4-8)7-14-11-15-10(13)16-12(17-11)18-2/h3-6H,7H2,1-2H3,(H,14,15,16,17). The van der Waals surface area contributed by atoms with Gasteiger partial charge in [-0.15, -0.1) is 0 Å². The van der Waals surface area contributed by atoms with Crippen LogP contribution in [0.5, 0.6) is 6.01 Å². The number of aryl methyl sites for hydroxylation is 1. The number of ether oxygens (including phenoxy) is 1. The van der Waals surface area contributed by atoms with Crippen molar-refractivity contribution >= 4 is 17.5 Å². The summed E-state index contributed by atoms with van der Waals surface area (Å²) in [5.41, 5.74) is 2.36. The normalized spacial score (nSPS) is 10.2. The van der Waals surface area contributed by atoms with E-state index in [1.807, 2.05) is 19.1 Å². The molecule has 1 N–H and O–H groups in total. The molecule has 0 bridgehead atoms. The van der Waals surface area contributed by atoms with Gasteiger partial charge in [0.2, 0.25) is 11.2 Å². The smallest absolute Gasteiger partial charge is 0.322 e. The highest BCUT2D eigenvalue weighted by molar-refractivity contribution is 6.28. The Morgan fingerprint density at radius 3 is 2.56 bits per heavy atom. The molecule has 1 aromatic carbocycles. The first kappa shape index (κ1) is 12.6. The highest BCUT2D eigenvalue weighted by Gasteiger charge is 2.04. The summed E-state index contributed by atoms with van der Waals surface area (Å²) in [4.78, 5) is 11.8. The minimum atomic E-state index is 0.105. The number of nitrogens with one attached hydrogen (secondary N) is 1. The molecule has 0 spiro atoms. The van der Waals surface area contributed by atoms with Gasteiger partial charge >= 0.3 is 6.01 Å². The lowest BCUT2D eigenvalue weighted by molar-refractivity contribution is 0.379. The van der Waals surface area contributed by atoms with Crippen molar-refractivity contribution in [3.63, 3.8) is 0 Å². The predicted octanol–water partition coefficient (Wildman–Crippen LogP) is 2.45. The van der Waals surface area contributed by atoms with Crippen LogP contribution in [-0.2, 0) is 6.54 Å². The maximum atomic E-state index is 5.75. The molecule has 0 atom stereocenters. The van der Waals surface area contributed by atoms with Gasteiger partial charge in [-0.1, -0.05) is 29.8 Å². The highest BCUT2D eigenvalue weighted by Crippen LogP contribution is 2.12. The van der Waals surface area contributed by atoms with Crippen molar-refractivity contribution in [1.29, 1.82) is 0 Å². The molecule has 0 unspecified atom stereocenters. The van der Waals surface area contributed by atoms with Crippen LogP contribution >= 0.6 is 11.6 Å². The third-order valence-electron chi connectivity index (χ3n) is 2.34. The molecular weight excluding hydrogens is 252 g/mol. The van der Waals surface area contributed by atoms with Crippen LogP contribution in [0.4, 0.5) is 5.95 Å². The monoisotopic (exact) mass is 264 g/mol. The minimum absolute atomic E-state index is 0.105. The summed E-state index contributed by atoms with van der Waals surface area (Å²) >= 11 is 5.75. The van der Waals surface area contributed by atoms with E-state index < -0.39 is 0 Å². The largest absolute Gasteiger partial charge is 0.467 e. The number of benzene rings is 1. The van der Waals surface area contributed by atoms with Gasteiger partial charge < -0.3 is 10.1 Å². The molecule has 0 aliphatic rings. The van der Waals surface area contributed by atoms with Crippen molar-refractivity contribution in [2.24, 2.45) is 0 Å². The topological polar surface area (TPSA) is 59.9 Å². The van der Waals surface area contributed by atoms with Gasteiger partial charge in [0.05, 0.1) is 7.11 Å². The second-order valence-corrected chi connectivity index (χ2v) is 4.09. The highest BCUT2D eigenvalue weighted by atomic mass is 35.5. The van der Waals surface area contributed by atoms with Crippen LogP contribution < -0.4 is 10.1 Å². The maximum Gasteiger partial charge on any atom is 0.322 e. The minimum Gasteiger partial charge on any atom is -0.467 e. The molecule has 1 heterocycles. The fourth-order valence-corrected chi connectivity index (χ4v) is 1.54. The van der Waals surface area contributed by atoms with Crippen LogP contribution in [0.25, 0.3) is 0 Å². The third-order valence-corrected chi connectivity index (χ3v) is 2.51. The van der Waals surface area contributed by atoms with Crippen LogP contribution in [-0.4, -0.2) is 22.1 Å². The SMILES string of the molecule is COc1nc(Cl)nc(NCc2ccc(C)cc2)n1. The maximum absolute atomic E-state index is 5.75. The Hall–Kier alpha value is -1.88. The fraction of sp³-hybridized carbons (Fsp3) is 0.250. The Morgan fingerprint density at radius 1 is 1.17 bits per heavy atom. The summed E-state index contributed by atoms with van der Waals surface area (Å²) in [6.07, 6.45) is 0. The van der Waals surface area contributed by atoms with Crippen LogP contribution in [0.15, 0.2) is 24.3 Å². The lowest BCUT2D eigenvalue weighted by atomic mass is 10.1. The lowest BCUT2D eigenvalue weighted by Gasteiger charge is -2.06. The molecule has 0 saturated carbocycles. The van der Waals surface area contributed by atoms with Gasteiger partial charge in [-0.25, -0.2) is 0 Å². The number of halogens is 1. The zero-order chi connectivity index (χ0) is 13.0. The summed E-state index contributed by atoms with van der Waals surface area (Å²) < 4.78 is 4.92. The Morgan fingerprint density at radius 2 is 1.89 bits per heavy atom. The molecule has 1 aromatic heterocycles. The van der Waals surface area contributed by atoms with Crippen molar-refractivity contribution in [3.8, 4) is 6.01 Å². The number of hydrogen-bond donors (Lipinski definition) is 1. The van der Waals surface area contributed by atoms with Crippen molar-refractivity contribution < 1.29 is 4.74 Å². The average Bonchev–Trinajstić information content (AvgIpc) is 2.37. The zero-order valence-corrected chi connectivity index (χ0v) is 10.9. The van der Waals surface area contributed by atoms with E-state index in [9.17, 15) is 0 Å². The van der Waals surface area contributed by atoms with E-state index in [2.05, 4.69) is 32.4 Å². The molecule has 0 fully saturated rings. The van der Waals surface area contributed by atoms with Crippen molar-refractivity contribution in [2.75, 3.05) is 12.4 Å². The second-order valence-electron chi connectivity index (χ2n) is 3.75. The molecule has 0 aliphatic carbocycles. The quantitative estimate of drug-likeness (QED) is 0.919. The van der Waals surface area contributed by atoms with E-state index in [0.717, 1.165) is 5.56 Å². The fourth-order valence-electron chi connectivity index (χ4n) is 1.39. The van der Waals surface area contributed by atoms with E-state index >= 15 is 0 Å². The van der Waals surface area contributed by atoms with E-state index in [-0.39, 0.29) is 11.3 Å². The van der Waals surface area contributed by atoms with E-state index in [4.69, 9.17) is 16.3 Å². The first-order valence-electron chi connectivity index (χ1n) is 5.42. The molecule has 0 radical (unpaired) electrons. The molecular formula is C12H13ClN4O. The Labute approximate surface area is 110 Å². The first-order chi connectivity index (χ1) is 8.67. The molecule has 0 amide bonds. The number of anilines is 1. The third kappa shape index (κ3) is 3.30. The lowest BCUT2D eigenvalue weighted by Crippen LogP contribution is -2.06. The molecule has 6 heteroatoms. The van der Waals surface area contributed by atoms with E-state index in [1.54, 1.807) is 0 Å². The number of aromatic nitrogens is 3. The van der Waals surface area contributed by atoms with Crippen LogP contribution in [0.2, 0.25) is 5.28 Å². The predicted molar refractivity (Wildman–Crippen MR) is 69.9 cm³/mol. The Balaban J connectivity index is 2.05. The second kappa shape index (κ2) is 5.64. The Kier molecular flexibility index (Phi) is 3.94. The molecule has 5 nitrogen and oxygen atoms in total. The van der Waals surface area contributed by atoms with Gasteiger partial charge in [-0.3, -0.25) is 0 Å². The number of nitrogens with zero attached hydrogens (tertiary/aromatic N) is 3. The van der Waals surface area contributed by atoms with Gasteiger partial charge in [-0.2, -0.15) is 15.0 Å². The zero-order valence-electron chi connectivity index (χ0n) is 10.1. The summed E-state index contributed by atoms with van der Waals surface area (Å²) in [5, 5.41) is 3.17. The summed E-state index contributed by atoms with van der Waals surface area (Å²) in [5.74, 6) is 0.396. The summed E-state index contributed by atoms with van der Waals surface area (Å²) in [7, 11) is 1.48. The number of hydrogen-bond acceptors (Lipinski definition) is 5. The van der Waals surface area contributed by atoms with Crippen molar-refractivity contribution in [2.45, 2.75) is 13.5 Å². The molecule has 0 aliphatic heterocycles. The van der Waals surface area contributed by atoms with Gasteiger partial charge in [0.25, 0.3) is 0 Å². The Bertz CT molecular complexity index is 530. The van der Waals surface area contributed by atoms with Crippen molar-refractivity contribution in [1.82, 2.24) is 15.0 Å². The number of rotatable bonds is 4. The van der Waals surface area contributed by atoms with Gasteiger partial charge in [-0.05, 0) is 24.1 Å². The summed E-state index contributed by atoms with van der Waals surface area (Å²) in [6.45, 7) is 2.66. The molecule has 94 valence electrons. The van der Waals surface area contributed by atoms with Crippen LogP contribution in [0, 0.1) is 6.92 Å². The molecule has 18 heavy (non-hydrogen) atoms. The van der Waals surface area contributed by atoms with Gasteiger partial charge in [0.15, 0.2) is 0 Å². The van der Waals surface area contributed by atoms with Crippen molar-refractivity contribution in [3.05, 3.63) is 40.7 Å². The van der Waals surface area contributed by atoms with Gasteiger partial charge in [0.1, 0.15) is 0 Å². The molecule has 2 rings (SSSR count). The first-order valence-corrected chi connectivity index (χ1v) is 5.80. The van der Waals surface area contributed by atoms with E-state index in [0.29, 0.717) is 12.5 Å². The van der Waals surface area contributed by atoms with Crippen LogP contribution in [0.1, 0.15) is 11.1 Å².